The van der Waals surface area contributed by atoms with Gasteiger partial charge in [-0.3, -0.25) is 4.57 Å². The van der Waals surface area contributed by atoms with Gasteiger partial charge in [-0.15, -0.1) is 0 Å². The fourth-order valence-corrected chi connectivity index (χ4v) is 5.52. The van der Waals surface area contributed by atoms with Crippen molar-refractivity contribution in [2.45, 2.75) is 64.3 Å². The van der Waals surface area contributed by atoms with Gasteiger partial charge in [0.15, 0.2) is 0 Å². The molecule has 1 heterocycles. The van der Waals surface area contributed by atoms with E-state index in [1.165, 1.54) is 14.0 Å². The van der Waals surface area contributed by atoms with E-state index in [0.717, 1.165) is 39.2 Å². The van der Waals surface area contributed by atoms with Crippen LogP contribution >= 0.6 is 7.60 Å². The maximum atomic E-state index is 13.6. The van der Waals surface area contributed by atoms with Crippen LogP contribution in [-0.4, -0.2) is 56.7 Å². The number of carbonyl (C=O) groups excluding carboxylic acids is 2. The molecule has 0 N–H and O–H groups in total. The topological polar surface area (TPSA) is 110 Å². The number of methoxy groups -OCH3 is 2. The Morgan fingerprint density at radius 3 is 2.10 bits per heavy atom. The van der Waals surface area contributed by atoms with Crippen molar-refractivity contribution < 1.29 is 37.4 Å². The zero-order valence-electron chi connectivity index (χ0n) is 17.7. The number of hydrogen-bond donors (Lipinski definition) is 0. The van der Waals surface area contributed by atoms with Gasteiger partial charge in [0.25, 0.3) is 0 Å². The monoisotopic (exact) mass is 431 g/mol. The first-order chi connectivity index (χ1) is 13.8. The van der Waals surface area contributed by atoms with Crippen molar-refractivity contribution in [3.05, 3.63) is 11.1 Å². The molecule has 10 heteroatoms. The molecule has 9 nitrogen and oxygen atoms in total. The molecule has 1 saturated carbocycles. The van der Waals surface area contributed by atoms with Crippen LogP contribution in [0, 0.1) is 0 Å². The van der Waals surface area contributed by atoms with Crippen LogP contribution in [-0.2, 0) is 37.4 Å². The second kappa shape index (κ2) is 9.87. The lowest BCUT2D eigenvalue weighted by atomic mass is 9.96. The molecule has 2 aliphatic rings. The molecule has 0 aromatic rings. The molecule has 1 unspecified atom stereocenters. The van der Waals surface area contributed by atoms with E-state index < -0.39 is 24.9 Å². The van der Waals surface area contributed by atoms with Crippen LogP contribution in [0.4, 0.5) is 0 Å². The molecule has 0 amide bonds. The quantitative estimate of drug-likeness (QED) is 0.425. The Morgan fingerprint density at radius 1 is 1.07 bits per heavy atom. The van der Waals surface area contributed by atoms with Gasteiger partial charge in [-0.25, -0.2) is 14.6 Å². The van der Waals surface area contributed by atoms with E-state index in [1.807, 2.05) is 0 Å². The van der Waals surface area contributed by atoms with E-state index in [4.69, 9.17) is 23.3 Å². The van der Waals surface area contributed by atoms with Crippen molar-refractivity contribution in [3.63, 3.8) is 0 Å². The fraction of sp³-hybridized carbons (Fsp3) is 0.737. The molecular formula is C19H30NO8P. The maximum absolute atomic E-state index is 13.6. The average Bonchev–Trinajstić information content (AvgIpc) is 3.01. The van der Waals surface area contributed by atoms with Gasteiger partial charge in [0.05, 0.1) is 33.5 Å². The van der Waals surface area contributed by atoms with Gasteiger partial charge in [0.2, 0.25) is 11.2 Å². The minimum absolute atomic E-state index is 0.0489. The van der Waals surface area contributed by atoms with Crippen molar-refractivity contribution in [2.24, 2.45) is 4.99 Å². The van der Waals surface area contributed by atoms with Crippen molar-refractivity contribution in [1.29, 1.82) is 0 Å². The number of hydrogen-bond acceptors (Lipinski definition) is 9. The Bertz CT molecular complexity index is 730. The number of rotatable bonds is 8. The molecular weight excluding hydrogens is 401 g/mol. The molecule has 1 atom stereocenters. The Kier molecular flexibility index (Phi) is 8.02. The lowest BCUT2D eigenvalue weighted by Crippen LogP contribution is -2.34. The van der Waals surface area contributed by atoms with Crippen molar-refractivity contribution in [2.75, 3.05) is 27.4 Å². The summed E-state index contributed by atoms with van der Waals surface area (Å²) in [5, 5.41) is -1.90. The van der Waals surface area contributed by atoms with Crippen molar-refractivity contribution in [1.82, 2.24) is 0 Å². The first kappa shape index (κ1) is 23.6. The van der Waals surface area contributed by atoms with Crippen LogP contribution in [0.3, 0.4) is 0 Å². The van der Waals surface area contributed by atoms with Crippen LogP contribution < -0.4 is 0 Å². The lowest BCUT2D eigenvalue weighted by molar-refractivity contribution is -0.139. The predicted octanol–water partition coefficient (Wildman–Crippen LogP) is 3.37. The average molecular weight is 431 g/mol. The Morgan fingerprint density at radius 2 is 1.62 bits per heavy atom. The second-order valence-corrected chi connectivity index (χ2v) is 9.24. The summed E-state index contributed by atoms with van der Waals surface area (Å²) in [5.74, 6) is -1.81. The molecule has 0 aromatic carbocycles. The maximum Gasteiger partial charge on any atom is 0.378 e. The minimum atomic E-state index is -4.05. The van der Waals surface area contributed by atoms with Crippen LogP contribution in [0.1, 0.15) is 52.9 Å². The predicted molar refractivity (Wildman–Crippen MR) is 106 cm³/mol. The van der Waals surface area contributed by atoms with Gasteiger partial charge in [-0.1, -0.05) is 19.3 Å². The van der Waals surface area contributed by atoms with E-state index in [0.29, 0.717) is 0 Å². The van der Waals surface area contributed by atoms with Crippen LogP contribution in [0.5, 0.6) is 0 Å². The Balaban J connectivity index is 2.69. The molecule has 164 valence electrons. The van der Waals surface area contributed by atoms with Gasteiger partial charge >= 0.3 is 19.5 Å². The number of carbonyl (C=O) groups is 2. The number of aliphatic imine (C=N–C) groups is 1. The first-order valence-corrected chi connectivity index (χ1v) is 11.4. The molecule has 0 saturated heterocycles. The highest BCUT2D eigenvalue weighted by molar-refractivity contribution is 7.55. The Labute approximate surface area is 171 Å². The number of esters is 2. The molecule has 0 spiro atoms. The van der Waals surface area contributed by atoms with E-state index in [1.54, 1.807) is 13.8 Å². The first-order valence-electron chi connectivity index (χ1n) is 9.85. The smallest absolute Gasteiger partial charge is 0.378 e. The largest absolute Gasteiger partial charge is 0.466 e. The highest BCUT2D eigenvalue weighted by Crippen LogP contribution is 2.66. The van der Waals surface area contributed by atoms with Crippen LogP contribution in [0.15, 0.2) is 16.1 Å². The van der Waals surface area contributed by atoms with Gasteiger partial charge in [-0.05, 0) is 33.6 Å². The fourth-order valence-electron chi connectivity index (χ4n) is 3.60. The Hall–Kier alpha value is -1.70. The summed E-state index contributed by atoms with van der Waals surface area (Å²) in [7, 11) is -1.71. The van der Waals surface area contributed by atoms with Crippen molar-refractivity contribution in [3.8, 4) is 0 Å². The zero-order chi connectivity index (χ0) is 21.7. The molecule has 29 heavy (non-hydrogen) atoms. The summed E-state index contributed by atoms with van der Waals surface area (Å²) in [6.07, 6.45) is 4.81. The van der Waals surface area contributed by atoms with Crippen LogP contribution in [0.2, 0.25) is 0 Å². The van der Waals surface area contributed by atoms with Crippen molar-refractivity contribution >= 4 is 25.4 Å². The highest BCUT2D eigenvalue weighted by atomic mass is 31.2. The van der Waals surface area contributed by atoms with Gasteiger partial charge in [0, 0.05) is 0 Å². The lowest BCUT2D eigenvalue weighted by Gasteiger charge is -2.32. The summed E-state index contributed by atoms with van der Waals surface area (Å²) in [6.45, 7) is 4.77. The van der Waals surface area contributed by atoms with E-state index >= 15 is 0 Å². The summed E-state index contributed by atoms with van der Waals surface area (Å²) in [5.41, 5.74) is -0.473. The number of nitrogens with zero attached hydrogens (tertiary/aromatic N) is 1. The SMILES string of the molecule is CCOP(=O)(OCC)C1(C)OC(=NC2CCCCC2)C(C(=O)OC)=C1C(=O)OC. The molecule has 0 radical (unpaired) electrons. The zero-order valence-corrected chi connectivity index (χ0v) is 18.6. The normalized spacial score (nSPS) is 24.5. The molecule has 0 aromatic heterocycles. The minimum Gasteiger partial charge on any atom is -0.466 e. The number of ether oxygens (including phenoxy) is 3. The third-order valence-corrected chi connectivity index (χ3v) is 7.55. The standard InChI is InChI=1S/C19H30NO8P/c1-6-26-29(23,27-7-2)19(3)15(18(22)25-5)14(17(21)24-4)16(28-19)20-13-11-9-8-10-12-13/h13H,6-12H2,1-5H3. The molecule has 1 aliphatic carbocycles. The van der Waals surface area contributed by atoms with Gasteiger partial charge in [-0.2, -0.15) is 0 Å². The third kappa shape index (κ3) is 4.57. The van der Waals surface area contributed by atoms with Crippen LogP contribution in [0.25, 0.3) is 0 Å². The van der Waals surface area contributed by atoms with E-state index in [-0.39, 0.29) is 36.3 Å². The molecule has 1 fully saturated rings. The summed E-state index contributed by atoms with van der Waals surface area (Å²) >= 11 is 0. The summed E-state index contributed by atoms with van der Waals surface area (Å²) in [6, 6.07) is -0.0711. The summed E-state index contributed by atoms with van der Waals surface area (Å²) in [4.78, 5) is 29.9. The third-order valence-electron chi connectivity index (χ3n) is 5.00. The highest BCUT2D eigenvalue weighted by Gasteiger charge is 2.62. The molecule has 0 bridgehead atoms. The molecule has 2 rings (SSSR count). The van der Waals surface area contributed by atoms with E-state index in [9.17, 15) is 14.2 Å². The summed E-state index contributed by atoms with van der Waals surface area (Å²) < 4.78 is 40.2. The van der Waals surface area contributed by atoms with Gasteiger partial charge in [0.1, 0.15) is 11.1 Å². The second-order valence-electron chi connectivity index (χ2n) is 6.88. The molecule has 1 aliphatic heterocycles. The van der Waals surface area contributed by atoms with E-state index in [2.05, 4.69) is 4.99 Å². The van der Waals surface area contributed by atoms with Gasteiger partial charge < -0.3 is 23.3 Å².